The number of hydrogen-bond donors (Lipinski definition) is 1. The van der Waals surface area contributed by atoms with Crippen LogP contribution in [0.2, 0.25) is 0 Å². The van der Waals surface area contributed by atoms with Crippen molar-refractivity contribution in [3.05, 3.63) is 53.9 Å². The second kappa shape index (κ2) is 6.05. The molecule has 114 valence electrons. The molecule has 2 heterocycles. The summed E-state index contributed by atoms with van der Waals surface area (Å²) in [5.41, 5.74) is 7.75. The molecule has 5 heteroatoms. The van der Waals surface area contributed by atoms with E-state index >= 15 is 0 Å². The van der Waals surface area contributed by atoms with Crippen molar-refractivity contribution in [3.8, 4) is 5.75 Å². The maximum Gasteiger partial charge on any atom is 0.272 e. The van der Waals surface area contributed by atoms with E-state index in [4.69, 9.17) is 10.5 Å². The lowest BCUT2D eigenvalue weighted by Crippen LogP contribution is -2.31. The molecular weight excluding hydrogens is 278 g/mol. The van der Waals surface area contributed by atoms with Crippen LogP contribution in [0.5, 0.6) is 5.75 Å². The first kappa shape index (κ1) is 14.4. The SMILES string of the molecule is COc1ccc(C2CCCN2C(=O)c2ccc(N)cn2)cc1. The number of nitrogen functional groups attached to an aromatic ring is 1. The molecule has 0 radical (unpaired) electrons. The number of amides is 1. The van der Waals surface area contributed by atoms with Gasteiger partial charge in [0, 0.05) is 6.54 Å². The van der Waals surface area contributed by atoms with E-state index in [2.05, 4.69) is 4.98 Å². The monoisotopic (exact) mass is 297 g/mol. The summed E-state index contributed by atoms with van der Waals surface area (Å²) in [4.78, 5) is 18.7. The van der Waals surface area contributed by atoms with E-state index in [1.807, 2.05) is 29.2 Å². The number of benzene rings is 1. The highest BCUT2D eigenvalue weighted by Gasteiger charge is 2.31. The van der Waals surface area contributed by atoms with Crippen molar-refractivity contribution in [2.75, 3.05) is 19.4 Å². The molecule has 0 saturated carbocycles. The Hall–Kier alpha value is -2.56. The summed E-state index contributed by atoms with van der Waals surface area (Å²) >= 11 is 0. The molecule has 1 saturated heterocycles. The van der Waals surface area contributed by atoms with Crippen molar-refractivity contribution in [1.29, 1.82) is 0 Å². The molecule has 2 N–H and O–H groups in total. The van der Waals surface area contributed by atoms with Gasteiger partial charge in [0.25, 0.3) is 5.91 Å². The number of nitrogens with two attached hydrogens (primary N) is 1. The van der Waals surface area contributed by atoms with Gasteiger partial charge >= 0.3 is 0 Å². The zero-order chi connectivity index (χ0) is 15.5. The summed E-state index contributed by atoms with van der Waals surface area (Å²) < 4.78 is 5.18. The molecule has 0 aliphatic carbocycles. The Bertz CT molecular complexity index is 653. The summed E-state index contributed by atoms with van der Waals surface area (Å²) in [5.74, 6) is 0.776. The van der Waals surface area contributed by atoms with Crippen LogP contribution in [0.3, 0.4) is 0 Å². The number of hydrogen-bond acceptors (Lipinski definition) is 4. The normalized spacial score (nSPS) is 17.5. The minimum absolute atomic E-state index is 0.0432. The first-order chi connectivity index (χ1) is 10.7. The van der Waals surface area contributed by atoms with Crippen molar-refractivity contribution < 1.29 is 9.53 Å². The summed E-state index contributed by atoms with van der Waals surface area (Å²) in [7, 11) is 1.65. The van der Waals surface area contributed by atoms with E-state index in [1.165, 1.54) is 6.20 Å². The lowest BCUT2D eigenvalue weighted by Gasteiger charge is -2.25. The van der Waals surface area contributed by atoms with Gasteiger partial charge in [0.05, 0.1) is 25.0 Å². The topological polar surface area (TPSA) is 68.5 Å². The molecule has 2 aromatic rings. The average molecular weight is 297 g/mol. The molecule has 0 bridgehead atoms. The lowest BCUT2D eigenvalue weighted by molar-refractivity contribution is 0.0729. The number of ether oxygens (including phenoxy) is 1. The van der Waals surface area contributed by atoms with Gasteiger partial charge in [0.1, 0.15) is 11.4 Å². The molecule has 1 amide bonds. The maximum absolute atomic E-state index is 12.7. The minimum Gasteiger partial charge on any atom is -0.497 e. The number of anilines is 1. The van der Waals surface area contributed by atoms with Crippen LogP contribution in [0.15, 0.2) is 42.6 Å². The van der Waals surface area contributed by atoms with Gasteiger partial charge in [-0.1, -0.05) is 12.1 Å². The Morgan fingerprint density at radius 1 is 1.27 bits per heavy atom. The molecule has 5 nitrogen and oxygen atoms in total. The molecule has 1 aromatic carbocycles. The summed E-state index contributed by atoms with van der Waals surface area (Å²) in [6, 6.07) is 11.4. The van der Waals surface area contributed by atoms with Crippen molar-refractivity contribution in [1.82, 2.24) is 9.88 Å². The summed E-state index contributed by atoms with van der Waals surface area (Å²) in [6.07, 6.45) is 3.48. The number of rotatable bonds is 3. The largest absolute Gasteiger partial charge is 0.497 e. The fourth-order valence-electron chi connectivity index (χ4n) is 2.86. The van der Waals surface area contributed by atoms with Gasteiger partial charge in [0.2, 0.25) is 0 Å². The minimum atomic E-state index is -0.0432. The van der Waals surface area contributed by atoms with Crippen LogP contribution in [0.4, 0.5) is 5.69 Å². The van der Waals surface area contributed by atoms with Crippen LogP contribution in [0.1, 0.15) is 34.9 Å². The third-order valence-corrected chi connectivity index (χ3v) is 4.02. The van der Waals surface area contributed by atoms with Crippen LogP contribution in [-0.4, -0.2) is 29.4 Å². The molecule has 1 fully saturated rings. The zero-order valence-electron chi connectivity index (χ0n) is 12.5. The van der Waals surface area contributed by atoms with Crippen molar-refractivity contribution in [2.45, 2.75) is 18.9 Å². The van der Waals surface area contributed by atoms with Crippen LogP contribution in [0.25, 0.3) is 0 Å². The summed E-state index contributed by atoms with van der Waals surface area (Å²) in [6.45, 7) is 0.752. The molecule has 1 aliphatic heterocycles. The Kier molecular flexibility index (Phi) is 3.96. The molecule has 3 rings (SSSR count). The van der Waals surface area contributed by atoms with E-state index in [0.29, 0.717) is 11.4 Å². The van der Waals surface area contributed by atoms with E-state index in [1.54, 1.807) is 19.2 Å². The van der Waals surface area contributed by atoms with Gasteiger partial charge in [-0.05, 0) is 42.7 Å². The molecule has 1 atom stereocenters. The van der Waals surface area contributed by atoms with Gasteiger partial charge < -0.3 is 15.4 Å². The number of carbonyl (C=O) groups is 1. The fourth-order valence-corrected chi connectivity index (χ4v) is 2.86. The van der Waals surface area contributed by atoms with E-state index in [-0.39, 0.29) is 11.9 Å². The predicted octanol–water partition coefficient (Wildman–Crippen LogP) is 2.65. The predicted molar refractivity (Wildman–Crippen MR) is 84.7 cm³/mol. The standard InChI is InChI=1S/C17H19N3O2/c1-22-14-7-4-12(5-8-14)16-3-2-10-20(16)17(21)15-9-6-13(18)11-19-15/h4-9,11,16H,2-3,10,18H2,1H3. The van der Waals surface area contributed by atoms with Crippen LogP contribution in [-0.2, 0) is 0 Å². The summed E-state index contributed by atoms with van der Waals surface area (Å²) in [5, 5.41) is 0. The molecule has 1 aliphatic rings. The van der Waals surface area contributed by atoms with Crippen LogP contribution >= 0.6 is 0 Å². The number of methoxy groups -OCH3 is 1. The Morgan fingerprint density at radius 3 is 2.68 bits per heavy atom. The second-order valence-electron chi connectivity index (χ2n) is 5.41. The highest BCUT2D eigenvalue weighted by atomic mass is 16.5. The van der Waals surface area contributed by atoms with Gasteiger partial charge in [0.15, 0.2) is 0 Å². The fraction of sp³-hybridized carbons (Fsp3) is 0.294. The van der Waals surface area contributed by atoms with E-state index in [9.17, 15) is 4.79 Å². The maximum atomic E-state index is 12.7. The van der Waals surface area contributed by atoms with Crippen molar-refractivity contribution in [3.63, 3.8) is 0 Å². The highest BCUT2D eigenvalue weighted by Crippen LogP contribution is 2.33. The highest BCUT2D eigenvalue weighted by molar-refractivity contribution is 5.93. The quantitative estimate of drug-likeness (QED) is 0.945. The molecule has 1 aromatic heterocycles. The van der Waals surface area contributed by atoms with Gasteiger partial charge in [-0.15, -0.1) is 0 Å². The Morgan fingerprint density at radius 2 is 2.05 bits per heavy atom. The molecule has 0 spiro atoms. The number of nitrogens with zero attached hydrogens (tertiary/aromatic N) is 2. The van der Waals surface area contributed by atoms with Crippen molar-refractivity contribution in [2.24, 2.45) is 0 Å². The average Bonchev–Trinajstić information content (AvgIpc) is 3.04. The third kappa shape index (κ3) is 2.74. The molecule has 22 heavy (non-hydrogen) atoms. The lowest BCUT2D eigenvalue weighted by atomic mass is 10.0. The second-order valence-corrected chi connectivity index (χ2v) is 5.41. The molecule has 1 unspecified atom stereocenters. The third-order valence-electron chi connectivity index (χ3n) is 4.02. The van der Waals surface area contributed by atoms with Crippen LogP contribution in [0, 0.1) is 0 Å². The van der Waals surface area contributed by atoms with Gasteiger partial charge in [-0.2, -0.15) is 0 Å². The first-order valence-electron chi connectivity index (χ1n) is 7.35. The first-order valence-corrected chi connectivity index (χ1v) is 7.35. The Balaban J connectivity index is 1.82. The number of likely N-dealkylation sites (tertiary alicyclic amines) is 1. The number of aromatic nitrogens is 1. The van der Waals surface area contributed by atoms with Gasteiger partial charge in [-0.3, -0.25) is 4.79 Å². The van der Waals surface area contributed by atoms with E-state index < -0.39 is 0 Å². The van der Waals surface area contributed by atoms with Gasteiger partial charge in [-0.25, -0.2) is 4.98 Å². The Labute approximate surface area is 129 Å². The van der Waals surface area contributed by atoms with Crippen molar-refractivity contribution >= 4 is 11.6 Å². The number of pyridine rings is 1. The number of carbonyl (C=O) groups excluding carboxylic acids is 1. The van der Waals surface area contributed by atoms with E-state index in [0.717, 1.165) is 30.7 Å². The molecular formula is C17H19N3O2. The van der Waals surface area contributed by atoms with Crippen LogP contribution < -0.4 is 10.5 Å². The smallest absolute Gasteiger partial charge is 0.272 e. The zero-order valence-corrected chi connectivity index (χ0v) is 12.5.